The zero-order valence-electron chi connectivity index (χ0n) is 13.7. The predicted molar refractivity (Wildman–Crippen MR) is 95.1 cm³/mol. The van der Waals surface area contributed by atoms with E-state index in [4.69, 9.17) is 11.6 Å². The summed E-state index contributed by atoms with van der Waals surface area (Å²) in [7, 11) is 3.99. The number of aromatic nitrogens is 2. The fourth-order valence-electron chi connectivity index (χ4n) is 3.31. The molecule has 3 rings (SSSR count). The smallest absolute Gasteiger partial charge is 0.151 e. The average Bonchev–Trinajstić information content (AvgIpc) is 2.92. The van der Waals surface area contributed by atoms with Gasteiger partial charge >= 0.3 is 0 Å². The first-order valence-electron chi connectivity index (χ1n) is 8.06. The molecule has 5 nitrogen and oxygen atoms in total. The summed E-state index contributed by atoms with van der Waals surface area (Å²) >= 11 is 6.32. The maximum atomic E-state index is 6.32. The molecule has 1 aliphatic rings. The Kier molecular flexibility index (Phi) is 5.20. The van der Waals surface area contributed by atoms with Gasteiger partial charge in [0, 0.05) is 45.5 Å². The van der Waals surface area contributed by atoms with Gasteiger partial charge in [0.05, 0.1) is 18.1 Å². The Labute approximate surface area is 142 Å². The van der Waals surface area contributed by atoms with Gasteiger partial charge in [0.15, 0.2) is 5.15 Å². The van der Waals surface area contributed by atoms with E-state index < -0.39 is 0 Å². The lowest BCUT2D eigenvalue weighted by Gasteiger charge is -2.40. The maximum Gasteiger partial charge on any atom is 0.151 e. The molecule has 6 heteroatoms. The minimum atomic E-state index is 0.248. The van der Waals surface area contributed by atoms with E-state index in [0.717, 1.165) is 38.4 Å². The lowest BCUT2D eigenvalue weighted by molar-refractivity contribution is 0.178. The first-order valence-corrected chi connectivity index (χ1v) is 8.44. The van der Waals surface area contributed by atoms with Gasteiger partial charge in [-0.2, -0.15) is 0 Å². The maximum absolute atomic E-state index is 6.32. The number of hydrogen-bond acceptors (Lipinski definition) is 4. The normalized spacial score (nSPS) is 17.4. The van der Waals surface area contributed by atoms with Crippen LogP contribution >= 0.6 is 11.6 Å². The van der Waals surface area contributed by atoms with E-state index in [0.29, 0.717) is 5.15 Å². The number of aryl methyl sites for hydroxylation is 1. The number of anilines is 1. The van der Waals surface area contributed by atoms with E-state index in [1.807, 2.05) is 18.7 Å². The highest BCUT2D eigenvalue weighted by Crippen LogP contribution is 2.27. The molecule has 2 aromatic rings. The second-order valence-corrected chi connectivity index (χ2v) is 6.32. The van der Waals surface area contributed by atoms with E-state index in [2.05, 4.69) is 50.4 Å². The van der Waals surface area contributed by atoms with Gasteiger partial charge in [-0.15, -0.1) is 0 Å². The van der Waals surface area contributed by atoms with Crippen molar-refractivity contribution in [3.8, 4) is 0 Å². The zero-order chi connectivity index (χ0) is 16.2. The summed E-state index contributed by atoms with van der Waals surface area (Å²) in [6.07, 6.45) is 1.79. The molecule has 23 heavy (non-hydrogen) atoms. The van der Waals surface area contributed by atoms with Crippen molar-refractivity contribution in [1.82, 2.24) is 19.8 Å². The molecule has 0 radical (unpaired) electrons. The van der Waals surface area contributed by atoms with Crippen LogP contribution in [0.5, 0.6) is 0 Å². The minimum absolute atomic E-state index is 0.248. The zero-order valence-corrected chi connectivity index (χ0v) is 14.5. The van der Waals surface area contributed by atoms with E-state index >= 15 is 0 Å². The number of halogens is 1. The third kappa shape index (κ3) is 3.52. The molecule has 1 unspecified atom stereocenters. The largest absolute Gasteiger partial charge is 0.369 e. The first-order chi connectivity index (χ1) is 11.2. The molecule has 0 saturated carbocycles. The first kappa shape index (κ1) is 16.3. The lowest BCUT2D eigenvalue weighted by Crippen LogP contribution is -2.49. The molecule has 0 amide bonds. The monoisotopic (exact) mass is 333 g/mol. The Morgan fingerprint density at radius 2 is 1.87 bits per heavy atom. The van der Waals surface area contributed by atoms with Gasteiger partial charge < -0.3 is 14.8 Å². The van der Waals surface area contributed by atoms with Crippen LogP contribution in [-0.4, -0.2) is 54.2 Å². The van der Waals surface area contributed by atoms with Gasteiger partial charge in [0.2, 0.25) is 0 Å². The second kappa shape index (κ2) is 7.34. The Hall–Kier alpha value is -1.56. The molecule has 1 saturated heterocycles. The summed E-state index contributed by atoms with van der Waals surface area (Å²) in [6, 6.07) is 10.9. The molecule has 0 spiro atoms. The Morgan fingerprint density at radius 3 is 2.43 bits per heavy atom. The molecule has 1 fully saturated rings. The Bertz CT molecular complexity index is 600. The second-order valence-electron chi connectivity index (χ2n) is 5.96. The molecular formula is C17H24ClN5. The molecule has 1 N–H and O–H groups in total. The topological polar surface area (TPSA) is 36.3 Å². The summed E-state index contributed by atoms with van der Waals surface area (Å²) in [6.45, 7) is 4.95. The summed E-state index contributed by atoms with van der Waals surface area (Å²) < 4.78 is 2.04. The summed E-state index contributed by atoms with van der Waals surface area (Å²) in [5.74, 6) is 0. The fourth-order valence-corrected chi connectivity index (χ4v) is 3.61. The van der Waals surface area contributed by atoms with Gasteiger partial charge in [-0.05, 0) is 19.2 Å². The van der Waals surface area contributed by atoms with E-state index in [1.165, 1.54) is 5.69 Å². The highest BCUT2D eigenvalue weighted by Gasteiger charge is 2.28. The van der Waals surface area contributed by atoms with Crippen LogP contribution in [0.2, 0.25) is 5.15 Å². The van der Waals surface area contributed by atoms with Crippen molar-refractivity contribution in [2.75, 3.05) is 44.7 Å². The number of nitrogens with zero attached hydrogens (tertiary/aromatic N) is 4. The van der Waals surface area contributed by atoms with E-state index in [9.17, 15) is 0 Å². The van der Waals surface area contributed by atoms with Crippen molar-refractivity contribution >= 4 is 17.3 Å². The van der Waals surface area contributed by atoms with Crippen molar-refractivity contribution in [2.24, 2.45) is 7.05 Å². The molecule has 0 bridgehead atoms. The highest BCUT2D eigenvalue weighted by atomic mass is 35.5. The number of imidazole rings is 1. The van der Waals surface area contributed by atoms with Gasteiger partial charge in [0.25, 0.3) is 0 Å². The highest BCUT2D eigenvalue weighted by molar-refractivity contribution is 6.30. The number of benzene rings is 1. The van der Waals surface area contributed by atoms with Gasteiger partial charge in [-0.3, -0.25) is 4.90 Å². The van der Waals surface area contributed by atoms with Crippen LogP contribution in [0.25, 0.3) is 0 Å². The number of likely N-dealkylation sites (N-methyl/N-ethyl adjacent to an activating group) is 1. The van der Waals surface area contributed by atoms with Gasteiger partial charge in [0.1, 0.15) is 0 Å². The van der Waals surface area contributed by atoms with Crippen LogP contribution < -0.4 is 10.2 Å². The van der Waals surface area contributed by atoms with E-state index in [1.54, 1.807) is 6.33 Å². The van der Waals surface area contributed by atoms with Gasteiger partial charge in [-0.1, -0.05) is 29.8 Å². The molecule has 1 aromatic carbocycles. The van der Waals surface area contributed by atoms with Crippen LogP contribution in [0.15, 0.2) is 36.7 Å². The van der Waals surface area contributed by atoms with Crippen molar-refractivity contribution < 1.29 is 0 Å². The number of nitrogens with one attached hydrogen (secondary N) is 1. The Balaban J connectivity index is 1.71. The quantitative estimate of drug-likeness (QED) is 0.909. The Morgan fingerprint density at radius 1 is 1.17 bits per heavy atom. The molecule has 1 aliphatic heterocycles. The third-order valence-electron chi connectivity index (χ3n) is 4.53. The van der Waals surface area contributed by atoms with Crippen LogP contribution in [0.1, 0.15) is 11.7 Å². The number of rotatable bonds is 5. The van der Waals surface area contributed by atoms with Crippen molar-refractivity contribution in [3.63, 3.8) is 0 Å². The lowest BCUT2D eigenvalue weighted by atomic mass is 10.1. The van der Waals surface area contributed by atoms with Crippen molar-refractivity contribution in [1.29, 1.82) is 0 Å². The molecule has 1 aromatic heterocycles. The predicted octanol–water partition coefficient (Wildman–Crippen LogP) is 2.16. The summed E-state index contributed by atoms with van der Waals surface area (Å²) in [4.78, 5) is 9.18. The average molecular weight is 334 g/mol. The molecular weight excluding hydrogens is 310 g/mol. The van der Waals surface area contributed by atoms with E-state index in [-0.39, 0.29) is 6.04 Å². The molecule has 1 atom stereocenters. The van der Waals surface area contributed by atoms with Gasteiger partial charge in [-0.25, -0.2) is 4.98 Å². The number of hydrogen-bond donors (Lipinski definition) is 1. The molecule has 2 heterocycles. The third-order valence-corrected chi connectivity index (χ3v) is 4.82. The standard InChI is InChI=1S/C17H24ClN5/c1-19-12-15(16-17(18)20-13-21(16)2)23-10-8-22(9-11-23)14-6-4-3-5-7-14/h3-7,13,15,19H,8-12H2,1-2H3. The minimum Gasteiger partial charge on any atom is -0.369 e. The van der Waals surface area contributed by atoms with Crippen LogP contribution in [-0.2, 0) is 7.05 Å². The van der Waals surface area contributed by atoms with Crippen LogP contribution in [0, 0.1) is 0 Å². The molecule has 124 valence electrons. The van der Waals surface area contributed by atoms with Crippen molar-refractivity contribution in [2.45, 2.75) is 6.04 Å². The van der Waals surface area contributed by atoms with Crippen molar-refractivity contribution in [3.05, 3.63) is 47.5 Å². The number of piperazine rings is 1. The summed E-state index contributed by atoms with van der Waals surface area (Å²) in [5, 5.41) is 3.91. The van der Waals surface area contributed by atoms with Crippen LogP contribution in [0.3, 0.4) is 0 Å². The SMILES string of the molecule is CNCC(c1c(Cl)ncn1C)N1CCN(c2ccccc2)CC1. The number of para-hydroxylation sites is 1. The molecule has 0 aliphatic carbocycles. The van der Waals surface area contributed by atoms with Crippen LogP contribution in [0.4, 0.5) is 5.69 Å². The fraction of sp³-hybridized carbons (Fsp3) is 0.471. The summed E-state index contributed by atoms with van der Waals surface area (Å²) in [5.41, 5.74) is 2.39.